The Bertz CT molecular complexity index is 913. The molecule has 4 rings (SSSR count). The van der Waals surface area contributed by atoms with Gasteiger partial charge < -0.3 is 14.2 Å². The Morgan fingerprint density at radius 2 is 1.85 bits per heavy atom. The van der Waals surface area contributed by atoms with Crippen molar-refractivity contribution in [3.8, 4) is 0 Å². The van der Waals surface area contributed by atoms with E-state index in [-0.39, 0.29) is 17.1 Å². The van der Waals surface area contributed by atoms with Crippen LogP contribution in [0.3, 0.4) is 0 Å². The molecule has 0 aliphatic carbocycles. The van der Waals surface area contributed by atoms with Crippen LogP contribution in [0.4, 0.5) is 0 Å². The summed E-state index contributed by atoms with van der Waals surface area (Å²) in [5.41, 5.74) is 0.967. The Hall–Kier alpha value is -2.32. The average Bonchev–Trinajstić information content (AvgIpc) is 3.36. The van der Waals surface area contributed by atoms with Crippen LogP contribution >= 0.6 is 23.1 Å². The summed E-state index contributed by atoms with van der Waals surface area (Å²) >= 11 is 3.11. The molecule has 0 radical (unpaired) electrons. The van der Waals surface area contributed by atoms with Gasteiger partial charge in [0, 0.05) is 26.2 Å². The number of fused-ring (bicyclic) bond motifs is 1. The standard InChI is InChI=1S/C19H19N3O3S2/c1-13(26-19-20-14-5-2-3-7-16(14)27-19)17(23)21-8-10-22(11-9-21)18(24)15-6-4-12-25-15/h2-7,12-13H,8-11H2,1H3. The molecule has 0 spiro atoms. The Morgan fingerprint density at radius 3 is 2.56 bits per heavy atom. The number of aromatic nitrogens is 1. The number of furan rings is 1. The van der Waals surface area contributed by atoms with Crippen LogP contribution in [0.15, 0.2) is 51.4 Å². The first-order chi connectivity index (χ1) is 13.1. The lowest BCUT2D eigenvalue weighted by atomic mass is 10.2. The predicted molar refractivity (Wildman–Crippen MR) is 106 cm³/mol. The van der Waals surface area contributed by atoms with Gasteiger partial charge in [-0.05, 0) is 31.2 Å². The zero-order valence-electron chi connectivity index (χ0n) is 14.8. The normalized spacial score (nSPS) is 15.9. The van der Waals surface area contributed by atoms with Crippen molar-refractivity contribution < 1.29 is 14.0 Å². The summed E-state index contributed by atoms with van der Waals surface area (Å²) in [7, 11) is 0. The van der Waals surface area contributed by atoms with Gasteiger partial charge >= 0.3 is 0 Å². The fraction of sp³-hybridized carbons (Fsp3) is 0.316. The maximum absolute atomic E-state index is 12.8. The number of carbonyl (C=O) groups is 2. The van der Waals surface area contributed by atoms with E-state index in [2.05, 4.69) is 4.98 Å². The lowest BCUT2D eigenvalue weighted by molar-refractivity contribution is -0.131. The number of piperazine rings is 1. The summed E-state index contributed by atoms with van der Waals surface area (Å²) in [5.74, 6) is 0.308. The van der Waals surface area contributed by atoms with Gasteiger partial charge in [-0.15, -0.1) is 11.3 Å². The Balaban J connectivity index is 1.33. The molecule has 1 aliphatic heterocycles. The van der Waals surface area contributed by atoms with Crippen LogP contribution in [0.25, 0.3) is 10.2 Å². The minimum absolute atomic E-state index is 0.0874. The van der Waals surface area contributed by atoms with E-state index in [4.69, 9.17) is 4.42 Å². The van der Waals surface area contributed by atoms with E-state index < -0.39 is 0 Å². The highest BCUT2D eigenvalue weighted by molar-refractivity contribution is 8.02. The molecule has 0 bridgehead atoms. The summed E-state index contributed by atoms with van der Waals surface area (Å²) < 4.78 is 7.21. The lowest BCUT2D eigenvalue weighted by Crippen LogP contribution is -2.52. The van der Waals surface area contributed by atoms with Gasteiger partial charge in [-0.2, -0.15) is 0 Å². The molecule has 0 N–H and O–H groups in total. The van der Waals surface area contributed by atoms with Crippen LogP contribution in [0.2, 0.25) is 0 Å². The highest BCUT2D eigenvalue weighted by Gasteiger charge is 2.29. The Morgan fingerprint density at radius 1 is 1.11 bits per heavy atom. The number of para-hydroxylation sites is 1. The molecule has 6 nitrogen and oxygen atoms in total. The van der Waals surface area contributed by atoms with Crippen LogP contribution in [-0.4, -0.2) is 58.0 Å². The molecule has 1 aromatic carbocycles. The number of benzene rings is 1. The monoisotopic (exact) mass is 401 g/mol. The van der Waals surface area contributed by atoms with Crippen molar-refractivity contribution in [2.45, 2.75) is 16.5 Å². The van der Waals surface area contributed by atoms with Gasteiger partial charge in [-0.3, -0.25) is 9.59 Å². The zero-order valence-corrected chi connectivity index (χ0v) is 16.5. The number of nitrogens with zero attached hydrogens (tertiary/aromatic N) is 3. The first kappa shape index (κ1) is 18.1. The van der Waals surface area contributed by atoms with Crippen molar-refractivity contribution in [2.75, 3.05) is 26.2 Å². The molecule has 1 fully saturated rings. The van der Waals surface area contributed by atoms with Crippen LogP contribution in [0, 0.1) is 0 Å². The molecule has 1 aliphatic rings. The smallest absolute Gasteiger partial charge is 0.289 e. The van der Waals surface area contributed by atoms with E-state index in [1.165, 1.54) is 18.0 Å². The van der Waals surface area contributed by atoms with Crippen molar-refractivity contribution in [2.24, 2.45) is 0 Å². The number of rotatable bonds is 4. The Kier molecular flexibility index (Phi) is 5.18. The molecule has 2 amide bonds. The molecule has 3 heterocycles. The molecule has 1 saturated heterocycles. The topological polar surface area (TPSA) is 66.7 Å². The third-order valence-corrected chi connectivity index (χ3v) is 6.73. The summed E-state index contributed by atoms with van der Waals surface area (Å²) in [6, 6.07) is 11.3. The first-order valence-electron chi connectivity index (χ1n) is 8.75. The predicted octanol–water partition coefficient (Wildman–Crippen LogP) is 3.35. The number of thiazole rings is 1. The van der Waals surface area contributed by atoms with Gasteiger partial charge in [0.15, 0.2) is 10.1 Å². The van der Waals surface area contributed by atoms with Gasteiger partial charge in [0.05, 0.1) is 21.7 Å². The second kappa shape index (κ2) is 7.74. The van der Waals surface area contributed by atoms with E-state index in [1.807, 2.05) is 36.1 Å². The fourth-order valence-corrected chi connectivity index (χ4v) is 5.34. The van der Waals surface area contributed by atoms with Crippen LogP contribution < -0.4 is 0 Å². The summed E-state index contributed by atoms with van der Waals surface area (Å²) in [4.78, 5) is 33.2. The number of hydrogen-bond acceptors (Lipinski definition) is 6. The zero-order chi connectivity index (χ0) is 18.8. The highest BCUT2D eigenvalue weighted by atomic mass is 32.2. The fourth-order valence-electron chi connectivity index (χ4n) is 3.05. The number of carbonyl (C=O) groups excluding carboxylic acids is 2. The minimum atomic E-state index is -0.210. The summed E-state index contributed by atoms with van der Waals surface area (Å²) in [6.07, 6.45) is 1.49. The average molecular weight is 402 g/mol. The Labute approximate surface area is 165 Å². The molecule has 0 saturated carbocycles. The second-order valence-electron chi connectivity index (χ2n) is 6.30. The minimum Gasteiger partial charge on any atom is -0.459 e. The van der Waals surface area contributed by atoms with Gasteiger partial charge in [-0.1, -0.05) is 23.9 Å². The van der Waals surface area contributed by atoms with E-state index in [0.717, 1.165) is 14.6 Å². The van der Waals surface area contributed by atoms with Crippen molar-refractivity contribution in [1.82, 2.24) is 14.8 Å². The summed E-state index contributed by atoms with van der Waals surface area (Å²) in [5, 5.41) is -0.210. The largest absolute Gasteiger partial charge is 0.459 e. The molecule has 1 unspecified atom stereocenters. The van der Waals surface area contributed by atoms with Gasteiger partial charge in [0.2, 0.25) is 5.91 Å². The number of hydrogen-bond donors (Lipinski definition) is 0. The molecule has 2 aromatic heterocycles. The molecule has 3 aromatic rings. The quantitative estimate of drug-likeness (QED) is 0.627. The van der Waals surface area contributed by atoms with Gasteiger partial charge in [0.1, 0.15) is 0 Å². The van der Waals surface area contributed by atoms with E-state index in [9.17, 15) is 9.59 Å². The van der Waals surface area contributed by atoms with E-state index in [1.54, 1.807) is 28.4 Å². The summed E-state index contributed by atoms with van der Waals surface area (Å²) in [6.45, 7) is 4.03. The van der Waals surface area contributed by atoms with Crippen LogP contribution in [-0.2, 0) is 4.79 Å². The van der Waals surface area contributed by atoms with Crippen molar-refractivity contribution in [3.05, 3.63) is 48.4 Å². The highest BCUT2D eigenvalue weighted by Crippen LogP contribution is 2.32. The maximum Gasteiger partial charge on any atom is 0.289 e. The van der Waals surface area contributed by atoms with Crippen molar-refractivity contribution in [1.29, 1.82) is 0 Å². The molecular formula is C19H19N3O3S2. The first-order valence-corrected chi connectivity index (χ1v) is 10.5. The molecular weight excluding hydrogens is 382 g/mol. The van der Waals surface area contributed by atoms with Gasteiger partial charge in [-0.25, -0.2) is 4.98 Å². The third-order valence-electron chi connectivity index (χ3n) is 4.51. The third kappa shape index (κ3) is 3.86. The maximum atomic E-state index is 12.8. The molecule has 27 heavy (non-hydrogen) atoms. The van der Waals surface area contributed by atoms with Gasteiger partial charge in [0.25, 0.3) is 5.91 Å². The molecule has 8 heteroatoms. The number of thioether (sulfide) groups is 1. The number of amides is 2. The lowest BCUT2D eigenvalue weighted by Gasteiger charge is -2.35. The van der Waals surface area contributed by atoms with Crippen molar-refractivity contribution >= 4 is 45.1 Å². The van der Waals surface area contributed by atoms with E-state index in [0.29, 0.717) is 31.9 Å². The SMILES string of the molecule is CC(Sc1nc2ccccc2s1)C(=O)N1CCN(C(=O)c2ccco2)CC1. The molecule has 1 atom stereocenters. The van der Waals surface area contributed by atoms with E-state index >= 15 is 0 Å². The van der Waals surface area contributed by atoms with Crippen molar-refractivity contribution in [3.63, 3.8) is 0 Å². The van der Waals surface area contributed by atoms with Crippen LogP contribution in [0.5, 0.6) is 0 Å². The molecule has 140 valence electrons. The van der Waals surface area contributed by atoms with Crippen LogP contribution in [0.1, 0.15) is 17.5 Å². The second-order valence-corrected chi connectivity index (χ2v) is 8.92.